The molecule has 0 radical (unpaired) electrons. The highest BCUT2D eigenvalue weighted by atomic mass is 35.5. The summed E-state index contributed by atoms with van der Waals surface area (Å²) in [6.45, 7) is 1.66. The summed E-state index contributed by atoms with van der Waals surface area (Å²) in [6.07, 6.45) is -2.60. The van der Waals surface area contributed by atoms with Crippen LogP contribution in [0.4, 0.5) is 23.2 Å². The number of carbonyl (C=O) groups excluding carboxylic acids is 2. The lowest BCUT2D eigenvalue weighted by atomic mass is 10.0. The maximum Gasteiger partial charge on any atom is 0.436 e. The van der Waals surface area contributed by atoms with Gasteiger partial charge >= 0.3 is 6.18 Å². The van der Waals surface area contributed by atoms with Crippen molar-refractivity contribution in [1.29, 1.82) is 0 Å². The molecule has 2 N–H and O–H groups in total. The van der Waals surface area contributed by atoms with Crippen LogP contribution in [0.3, 0.4) is 0 Å². The van der Waals surface area contributed by atoms with Gasteiger partial charge in [0.1, 0.15) is 17.6 Å². The van der Waals surface area contributed by atoms with Crippen molar-refractivity contribution >= 4 is 29.1 Å². The summed E-state index contributed by atoms with van der Waals surface area (Å²) >= 11 is 6.19. The minimum Gasteiger partial charge on any atom is -0.495 e. The molecule has 1 atom stereocenters. The van der Waals surface area contributed by atoms with Gasteiger partial charge in [0.25, 0.3) is 11.5 Å². The van der Waals surface area contributed by atoms with E-state index in [2.05, 4.69) is 20.9 Å². The number of aromatic nitrogens is 4. The lowest BCUT2D eigenvalue weighted by Crippen LogP contribution is -2.32. The number of rotatable bonds is 8. The van der Waals surface area contributed by atoms with Crippen LogP contribution >= 0.6 is 11.6 Å². The summed E-state index contributed by atoms with van der Waals surface area (Å²) in [5.74, 6) is -2.03. The van der Waals surface area contributed by atoms with E-state index < -0.39 is 41.1 Å². The van der Waals surface area contributed by atoms with E-state index in [4.69, 9.17) is 16.3 Å². The number of anilines is 1. The molecule has 2 heterocycles. The normalized spacial score (nSPS) is 12.1. The second-order valence-electron chi connectivity index (χ2n) is 8.90. The molecule has 4 aromatic rings. The standard InChI is InChI=1S/C27H23ClF4N6O4/c1-4-20(26(41)34-15-6-7-16(19(29)10-15)25(40)33-2)37-12-22(42-3)18(11-24(37)39)17-9-14(28)5-8-21(17)38-13-23(35-36-38)27(30,31)32/h5-13,20H,4H2,1-3H3,(H,33,40)(H,34,41)/t20-/m0/s1. The fraction of sp³-hybridized carbons (Fsp3) is 0.222. The minimum absolute atomic E-state index is 0.0647. The fourth-order valence-corrected chi connectivity index (χ4v) is 4.40. The van der Waals surface area contributed by atoms with Crippen molar-refractivity contribution < 1.29 is 31.9 Å². The van der Waals surface area contributed by atoms with Crippen LogP contribution in [0.25, 0.3) is 16.8 Å². The third-order valence-electron chi connectivity index (χ3n) is 6.28. The predicted molar refractivity (Wildman–Crippen MR) is 145 cm³/mol. The maximum absolute atomic E-state index is 14.4. The molecule has 2 aromatic heterocycles. The number of nitrogens with zero attached hydrogens (tertiary/aromatic N) is 4. The third kappa shape index (κ3) is 6.12. The van der Waals surface area contributed by atoms with Gasteiger partial charge in [-0.2, -0.15) is 13.2 Å². The Balaban J connectivity index is 1.72. The van der Waals surface area contributed by atoms with Crippen LogP contribution in [0.5, 0.6) is 5.75 Å². The molecule has 0 fully saturated rings. The molecule has 4 rings (SSSR count). The molecule has 10 nitrogen and oxygen atoms in total. The first kappa shape index (κ1) is 30.2. The Kier molecular flexibility index (Phi) is 8.66. The van der Waals surface area contributed by atoms with Crippen LogP contribution in [0, 0.1) is 5.82 Å². The molecule has 42 heavy (non-hydrogen) atoms. The predicted octanol–water partition coefficient (Wildman–Crippen LogP) is 4.87. The molecule has 0 bridgehead atoms. The van der Waals surface area contributed by atoms with Crippen molar-refractivity contribution in [2.45, 2.75) is 25.6 Å². The average Bonchev–Trinajstić information content (AvgIpc) is 3.45. The summed E-state index contributed by atoms with van der Waals surface area (Å²) < 4.78 is 61.4. The highest BCUT2D eigenvalue weighted by Crippen LogP contribution is 2.36. The van der Waals surface area contributed by atoms with Gasteiger partial charge in [-0.1, -0.05) is 23.7 Å². The molecule has 0 saturated heterocycles. The van der Waals surface area contributed by atoms with Gasteiger partial charge in [0, 0.05) is 35.0 Å². The number of hydrogen-bond acceptors (Lipinski definition) is 6. The molecule has 0 aliphatic carbocycles. The lowest BCUT2D eigenvalue weighted by molar-refractivity contribution is -0.141. The number of halogens is 5. The van der Waals surface area contributed by atoms with E-state index >= 15 is 0 Å². The molecule has 0 aliphatic rings. The fourth-order valence-electron chi connectivity index (χ4n) is 4.23. The van der Waals surface area contributed by atoms with Gasteiger partial charge in [-0.05, 0) is 42.8 Å². The molecule has 2 aromatic carbocycles. The largest absolute Gasteiger partial charge is 0.495 e. The van der Waals surface area contributed by atoms with E-state index in [9.17, 15) is 31.9 Å². The molecule has 2 amide bonds. The van der Waals surface area contributed by atoms with Gasteiger partial charge < -0.3 is 15.4 Å². The number of amides is 2. The van der Waals surface area contributed by atoms with Gasteiger partial charge in [-0.3, -0.25) is 19.0 Å². The highest BCUT2D eigenvalue weighted by Gasteiger charge is 2.35. The van der Waals surface area contributed by atoms with Crippen LogP contribution in [0.15, 0.2) is 59.7 Å². The molecule has 15 heteroatoms. The summed E-state index contributed by atoms with van der Waals surface area (Å²) in [7, 11) is 2.67. The number of hydrogen-bond donors (Lipinski definition) is 2. The number of benzene rings is 2. The second-order valence-corrected chi connectivity index (χ2v) is 9.33. The first-order valence-electron chi connectivity index (χ1n) is 12.3. The van der Waals surface area contributed by atoms with Crippen molar-refractivity contribution in [3.05, 3.63) is 87.3 Å². The lowest BCUT2D eigenvalue weighted by Gasteiger charge is -2.21. The summed E-state index contributed by atoms with van der Waals surface area (Å²) in [4.78, 5) is 38.2. The van der Waals surface area contributed by atoms with E-state index in [1.54, 1.807) is 6.92 Å². The Morgan fingerprint density at radius 2 is 1.83 bits per heavy atom. The van der Waals surface area contributed by atoms with Gasteiger partial charge in [0.05, 0.1) is 30.8 Å². The molecule has 0 unspecified atom stereocenters. The molecule has 0 spiro atoms. The molecule has 0 aliphatic heterocycles. The molecule has 220 valence electrons. The van der Waals surface area contributed by atoms with Crippen LogP contribution in [-0.2, 0) is 11.0 Å². The first-order chi connectivity index (χ1) is 19.9. The number of pyridine rings is 1. The van der Waals surface area contributed by atoms with E-state index in [-0.39, 0.29) is 45.3 Å². The average molecular weight is 607 g/mol. The Morgan fingerprint density at radius 1 is 1.10 bits per heavy atom. The van der Waals surface area contributed by atoms with E-state index in [1.165, 1.54) is 50.7 Å². The minimum atomic E-state index is -4.73. The second kappa shape index (κ2) is 12.0. The quantitative estimate of drug-likeness (QED) is 0.276. The summed E-state index contributed by atoms with van der Waals surface area (Å²) in [6, 6.07) is 7.91. The Morgan fingerprint density at radius 3 is 2.43 bits per heavy atom. The van der Waals surface area contributed by atoms with Crippen molar-refractivity contribution in [3.63, 3.8) is 0 Å². The first-order valence-corrected chi connectivity index (χ1v) is 12.7. The number of nitrogens with one attached hydrogen (secondary N) is 2. The number of methoxy groups -OCH3 is 1. The molecular weight excluding hydrogens is 584 g/mol. The van der Waals surface area contributed by atoms with E-state index in [0.29, 0.717) is 6.20 Å². The molecular formula is C27H23ClF4N6O4. The van der Waals surface area contributed by atoms with E-state index in [1.807, 2.05) is 0 Å². The van der Waals surface area contributed by atoms with Crippen molar-refractivity contribution in [2.24, 2.45) is 0 Å². The Hall–Kier alpha value is -4.72. The van der Waals surface area contributed by atoms with Gasteiger partial charge in [0.2, 0.25) is 5.91 Å². The number of carbonyl (C=O) groups is 2. The van der Waals surface area contributed by atoms with Gasteiger partial charge in [0.15, 0.2) is 5.69 Å². The number of alkyl halides is 3. The molecule has 0 saturated carbocycles. The smallest absolute Gasteiger partial charge is 0.436 e. The van der Waals surface area contributed by atoms with E-state index in [0.717, 1.165) is 21.4 Å². The van der Waals surface area contributed by atoms with Gasteiger partial charge in [-0.25, -0.2) is 9.07 Å². The summed E-state index contributed by atoms with van der Waals surface area (Å²) in [5, 5.41) is 11.8. The van der Waals surface area contributed by atoms with Crippen LogP contribution < -0.4 is 20.9 Å². The van der Waals surface area contributed by atoms with Gasteiger partial charge in [-0.15, -0.1) is 5.10 Å². The number of ether oxygens (including phenoxy) is 1. The van der Waals surface area contributed by atoms with Crippen LogP contribution in [-0.4, -0.2) is 45.5 Å². The highest BCUT2D eigenvalue weighted by molar-refractivity contribution is 6.31. The van der Waals surface area contributed by atoms with Crippen LogP contribution in [0.1, 0.15) is 35.4 Å². The zero-order valence-corrected chi connectivity index (χ0v) is 23.0. The van der Waals surface area contributed by atoms with Crippen molar-refractivity contribution in [3.8, 4) is 22.6 Å². The zero-order chi connectivity index (χ0) is 30.8. The third-order valence-corrected chi connectivity index (χ3v) is 6.51. The summed E-state index contributed by atoms with van der Waals surface area (Å²) in [5.41, 5.74) is -1.49. The maximum atomic E-state index is 14.4. The Labute approximate surface area is 240 Å². The van der Waals surface area contributed by atoms with Crippen molar-refractivity contribution in [1.82, 2.24) is 24.9 Å². The van der Waals surface area contributed by atoms with Crippen LogP contribution in [0.2, 0.25) is 5.02 Å². The zero-order valence-electron chi connectivity index (χ0n) is 22.3. The van der Waals surface area contributed by atoms with Crippen molar-refractivity contribution in [2.75, 3.05) is 19.5 Å². The Bertz CT molecular complexity index is 1720. The topological polar surface area (TPSA) is 120 Å². The SMILES string of the molecule is CC[C@@H](C(=O)Nc1ccc(C(=O)NC)c(F)c1)n1cc(OC)c(-c2cc(Cl)ccc2-n2cc(C(F)(F)F)nn2)cc1=O. The monoisotopic (exact) mass is 606 g/mol.